The van der Waals surface area contributed by atoms with Gasteiger partial charge in [-0.15, -0.1) is 0 Å². The number of hydrogen-bond acceptors (Lipinski definition) is 8. The van der Waals surface area contributed by atoms with E-state index in [0.29, 0.717) is 12.4 Å². The van der Waals surface area contributed by atoms with Crippen LogP contribution in [-0.2, 0) is 30.3 Å². The third kappa shape index (κ3) is 8.76. The number of aliphatic hydroxyl groups excluding tert-OH is 1. The van der Waals surface area contributed by atoms with Crippen LogP contribution in [0.1, 0.15) is 52.5 Å². The van der Waals surface area contributed by atoms with Crippen LogP contribution in [0.25, 0.3) is 0 Å². The number of esters is 1. The first-order chi connectivity index (χ1) is 17.0. The van der Waals surface area contributed by atoms with E-state index in [1.807, 2.05) is 24.3 Å². The molecule has 36 heavy (non-hydrogen) atoms. The van der Waals surface area contributed by atoms with Gasteiger partial charge in [-0.25, -0.2) is 4.79 Å². The van der Waals surface area contributed by atoms with Crippen LogP contribution in [-0.4, -0.2) is 78.6 Å². The third-order valence-electron chi connectivity index (χ3n) is 6.11. The predicted molar refractivity (Wildman–Crippen MR) is 134 cm³/mol. The first-order valence-corrected chi connectivity index (χ1v) is 12.5. The molecule has 202 valence electrons. The van der Waals surface area contributed by atoms with E-state index >= 15 is 0 Å². The Bertz CT molecular complexity index is 854. The molecule has 0 saturated carbocycles. The highest BCUT2D eigenvalue weighted by atomic mass is 16.7. The lowest BCUT2D eigenvalue weighted by molar-refractivity contribution is -0.154. The molecule has 10 nitrogen and oxygen atoms in total. The Morgan fingerprint density at radius 3 is 2.36 bits per heavy atom. The minimum atomic E-state index is -0.930. The van der Waals surface area contributed by atoms with Crippen molar-refractivity contribution in [2.75, 3.05) is 20.3 Å². The number of amides is 2. The molecule has 1 saturated heterocycles. The van der Waals surface area contributed by atoms with Crippen LogP contribution in [0, 0.1) is 5.92 Å². The van der Waals surface area contributed by atoms with Gasteiger partial charge in [0.05, 0.1) is 25.9 Å². The van der Waals surface area contributed by atoms with Crippen LogP contribution >= 0.6 is 0 Å². The lowest BCUT2D eigenvalue weighted by atomic mass is 10.00. The van der Waals surface area contributed by atoms with Crippen molar-refractivity contribution in [1.29, 1.82) is 0 Å². The van der Waals surface area contributed by atoms with Gasteiger partial charge in [0.1, 0.15) is 17.8 Å². The molecule has 0 aromatic heterocycles. The van der Waals surface area contributed by atoms with Crippen molar-refractivity contribution in [2.24, 2.45) is 11.7 Å². The van der Waals surface area contributed by atoms with Crippen molar-refractivity contribution in [3.05, 3.63) is 29.8 Å². The molecule has 1 aromatic carbocycles. The number of nitrogens with two attached hydrogens (primary N) is 1. The number of benzene rings is 1. The number of carbonyl (C=O) groups is 3. The second-order valence-electron chi connectivity index (χ2n) is 9.64. The summed E-state index contributed by atoms with van der Waals surface area (Å²) in [6.45, 7) is 7.22. The molecule has 1 aromatic rings. The van der Waals surface area contributed by atoms with E-state index in [4.69, 9.17) is 19.9 Å². The molecule has 1 heterocycles. The summed E-state index contributed by atoms with van der Waals surface area (Å²) in [6.07, 6.45) is 2.13. The molecule has 0 radical (unpaired) electrons. The van der Waals surface area contributed by atoms with Crippen LogP contribution < -0.4 is 15.8 Å². The number of hydrogen-bond donors (Lipinski definition) is 3. The normalized spacial score (nSPS) is 19.1. The molecular weight excluding hydrogens is 466 g/mol. The molecule has 2 unspecified atom stereocenters. The number of nitrogens with zero attached hydrogens (tertiary/aromatic N) is 1. The maximum Gasteiger partial charge on any atom is 0.328 e. The van der Waals surface area contributed by atoms with Crippen LogP contribution in [0.5, 0.6) is 5.75 Å². The van der Waals surface area contributed by atoms with Gasteiger partial charge in [0, 0.05) is 13.0 Å². The van der Waals surface area contributed by atoms with E-state index < -0.39 is 42.0 Å². The van der Waals surface area contributed by atoms with Gasteiger partial charge in [-0.05, 0) is 56.7 Å². The molecule has 0 spiro atoms. The maximum atomic E-state index is 13.3. The Balaban J connectivity index is 2.02. The number of methoxy groups -OCH3 is 1. The SMILES string of the molecule is COC(=O)[C@H](C)N(CC(C)O)C(=O)[C@@H](NC(=O)[C@@H](N)Cc1ccc(OC2CCCCO2)cc1)C(C)C. The van der Waals surface area contributed by atoms with Crippen molar-refractivity contribution in [1.82, 2.24) is 10.2 Å². The first kappa shape index (κ1) is 29.5. The van der Waals surface area contributed by atoms with Crippen LogP contribution in [0.4, 0.5) is 0 Å². The summed E-state index contributed by atoms with van der Waals surface area (Å²) in [5.74, 6) is -1.19. The van der Waals surface area contributed by atoms with Crippen molar-refractivity contribution in [2.45, 2.75) is 83.9 Å². The zero-order valence-corrected chi connectivity index (χ0v) is 21.9. The summed E-state index contributed by atoms with van der Waals surface area (Å²) >= 11 is 0. The number of nitrogens with one attached hydrogen (secondary N) is 1. The minimum Gasteiger partial charge on any atom is -0.467 e. The average molecular weight is 508 g/mol. The number of rotatable bonds is 12. The Hall–Kier alpha value is -2.69. The quantitative estimate of drug-likeness (QED) is 0.361. The van der Waals surface area contributed by atoms with Crippen LogP contribution in [0.15, 0.2) is 24.3 Å². The van der Waals surface area contributed by atoms with E-state index in [1.54, 1.807) is 13.8 Å². The van der Waals surface area contributed by atoms with Gasteiger partial charge in [-0.2, -0.15) is 0 Å². The summed E-state index contributed by atoms with van der Waals surface area (Å²) in [7, 11) is 1.23. The summed E-state index contributed by atoms with van der Waals surface area (Å²) < 4.78 is 16.2. The molecule has 1 aliphatic heterocycles. The average Bonchev–Trinajstić information content (AvgIpc) is 2.85. The molecule has 0 bridgehead atoms. The van der Waals surface area contributed by atoms with Gasteiger partial charge in [0.15, 0.2) is 6.29 Å². The first-order valence-electron chi connectivity index (χ1n) is 12.5. The Labute approximate surface area is 213 Å². The lowest BCUT2D eigenvalue weighted by Gasteiger charge is -2.34. The van der Waals surface area contributed by atoms with Crippen LogP contribution in [0.2, 0.25) is 0 Å². The van der Waals surface area contributed by atoms with Gasteiger partial charge in [0.25, 0.3) is 0 Å². The fraction of sp³-hybridized carbons (Fsp3) is 0.654. The van der Waals surface area contributed by atoms with Crippen molar-refractivity contribution >= 4 is 17.8 Å². The minimum absolute atomic E-state index is 0.0828. The Kier molecular flexibility index (Phi) is 11.6. The number of aliphatic hydroxyl groups is 1. The highest BCUT2D eigenvalue weighted by molar-refractivity contribution is 5.92. The molecule has 2 amide bonds. The molecular formula is C26H41N3O7. The highest BCUT2D eigenvalue weighted by Crippen LogP contribution is 2.20. The van der Waals surface area contributed by atoms with E-state index in [1.165, 1.54) is 25.9 Å². The highest BCUT2D eigenvalue weighted by Gasteiger charge is 2.35. The smallest absolute Gasteiger partial charge is 0.328 e. The van der Waals surface area contributed by atoms with Gasteiger partial charge in [-0.1, -0.05) is 26.0 Å². The van der Waals surface area contributed by atoms with Gasteiger partial charge < -0.3 is 35.3 Å². The molecule has 10 heteroatoms. The second-order valence-corrected chi connectivity index (χ2v) is 9.64. The topological polar surface area (TPSA) is 140 Å². The maximum absolute atomic E-state index is 13.3. The Morgan fingerprint density at radius 2 is 1.83 bits per heavy atom. The lowest BCUT2D eigenvalue weighted by Crippen LogP contribution is -2.58. The fourth-order valence-electron chi connectivity index (χ4n) is 3.98. The van der Waals surface area contributed by atoms with Gasteiger partial charge in [0.2, 0.25) is 11.8 Å². The van der Waals surface area contributed by atoms with E-state index in [-0.39, 0.29) is 25.2 Å². The summed E-state index contributed by atoms with van der Waals surface area (Å²) in [5, 5.41) is 12.6. The fourth-order valence-corrected chi connectivity index (χ4v) is 3.98. The largest absolute Gasteiger partial charge is 0.467 e. The van der Waals surface area contributed by atoms with Crippen molar-refractivity contribution < 1.29 is 33.7 Å². The predicted octanol–water partition coefficient (Wildman–Crippen LogP) is 1.37. The summed E-state index contributed by atoms with van der Waals surface area (Å²) in [4.78, 5) is 39.5. The molecule has 1 fully saturated rings. The standard InChI is InChI=1S/C26H41N3O7/c1-16(2)23(25(32)29(15-17(3)30)18(4)26(33)34-5)28-24(31)21(27)14-19-9-11-20(12-10-19)36-22-8-6-7-13-35-22/h9-12,16-18,21-23,30H,6-8,13-15,27H2,1-5H3,(H,28,31)/t17?,18-,21-,22?,23-/m0/s1. The summed E-state index contributed by atoms with van der Waals surface area (Å²) in [6, 6.07) is 4.58. The molecule has 4 N–H and O–H groups in total. The molecule has 5 atom stereocenters. The summed E-state index contributed by atoms with van der Waals surface area (Å²) in [5.41, 5.74) is 7.01. The third-order valence-corrected chi connectivity index (χ3v) is 6.11. The Morgan fingerprint density at radius 1 is 1.17 bits per heavy atom. The van der Waals surface area contributed by atoms with Crippen LogP contribution in [0.3, 0.4) is 0 Å². The molecule has 1 aliphatic rings. The zero-order chi connectivity index (χ0) is 26.8. The van der Waals surface area contributed by atoms with Gasteiger partial charge in [-0.3, -0.25) is 9.59 Å². The van der Waals surface area contributed by atoms with Crippen molar-refractivity contribution in [3.63, 3.8) is 0 Å². The van der Waals surface area contributed by atoms with E-state index in [0.717, 1.165) is 24.8 Å². The second kappa shape index (κ2) is 14.2. The van der Waals surface area contributed by atoms with E-state index in [9.17, 15) is 19.5 Å². The number of ether oxygens (including phenoxy) is 3. The monoisotopic (exact) mass is 507 g/mol. The van der Waals surface area contributed by atoms with Crippen molar-refractivity contribution in [3.8, 4) is 5.75 Å². The van der Waals surface area contributed by atoms with Gasteiger partial charge >= 0.3 is 5.97 Å². The zero-order valence-electron chi connectivity index (χ0n) is 21.9. The number of carbonyl (C=O) groups excluding carboxylic acids is 3. The molecule has 2 rings (SSSR count). The van der Waals surface area contributed by atoms with E-state index in [2.05, 4.69) is 5.32 Å². The molecule has 0 aliphatic carbocycles.